The van der Waals surface area contributed by atoms with Crippen LogP contribution in [0.2, 0.25) is 0 Å². The van der Waals surface area contributed by atoms with Crippen molar-refractivity contribution < 1.29 is 13.5 Å². The van der Waals surface area contributed by atoms with E-state index < -0.39 is 6.43 Å². The van der Waals surface area contributed by atoms with E-state index in [4.69, 9.17) is 4.74 Å². The predicted octanol–water partition coefficient (Wildman–Crippen LogP) is 3.32. The van der Waals surface area contributed by atoms with Crippen LogP contribution >= 0.6 is 0 Å². The average Bonchev–Trinajstić information content (AvgIpc) is 2.10. The fourth-order valence-electron chi connectivity index (χ4n) is 2.44. The zero-order valence-electron chi connectivity index (χ0n) is 11.8. The Labute approximate surface area is 104 Å². The molecule has 0 bridgehead atoms. The Morgan fingerprint density at radius 3 is 2.18 bits per heavy atom. The van der Waals surface area contributed by atoms with Gasteiger partial charge in [0.25, 0.3) is 0 Å². The molecule has 0 aliphatic rings. The lowest BCUT2D eigenvalue weighted by atomic mass is 9.75. The van der Waals surface area contributed by atoms with Gasteiger partial charge >= 0.3 is 0 Å². The van der Waals surface area contributed by atoms with E-state index in [9.17, 15) is 8.78 Å². The van der Waals surface area contributed by atoms with Crippen molar-refractivity contribution in [3.8, 4) is 0 Å². The highest BCUT2D eigenvalue weighted by Gasteiger charge is 2.28. The lowest BCUT2D eigenvalue weighted by Crippen LogP contribution is -2.35. The number of ether oxygens (including phenoxy) is 1. The summed E-state index contributed by atoms with van der Waals surface area (Å²) in [4.78, 5) is 0. The Kier molecular flexibility index (Phi) is 7.17. The molecule has 0 atom stereocenters. The van der Waals surface area contributed by atoms with E-state index in [0.717, 1.165) is 13.0 Å². The van der Waals surface area contributed by atoms with Crippen molar-refractivity contribution in [1.29, 1.82) is 0 Å². The van der Waals surface area contributed by atoms with Crippen molar-refractivity contribution in [2.75, 3.05) is 26.8 Å². The summed E-state index contributed by atoms with van der Waals surface area (Å²) in [7, 11) is 1.70. The Hall–Kier alpha value is -0.220. The molecule has 104 valence electrons. The van der Waals surface area contributed by atoms with Crippen molar-refractivity contribution in [2.24, 2.45) is 10.8 Å². The zero-order chi connectivity index (χ0) is 13.5. The molecule has 2 nitrogen and oxygen atoms in total. The van der Waals surface area contributed by atoms with Gasteiger partial charge in [0, 0.05) is 26.6 Å². The minimum atomic E-state index is -2.21. The highest BCUT2D eigenvalue weighted by atomic mass is 19.3. The highest BCUT2D eigenvalue weighted by Crippen LogP contribution is 2.33. The van der Waals surface area contributed by atoms with E-state index in [2.05, 4.69) is 33.0 Å². The third-order valence-corrected chi connectivity index (χ3v) is 2.64. The van der Waals surface area contributed by atoms with E-state index in [-0.39, 0.29) is 17.3 Å². The van der Waals surface area contributed by atoms with E-state index in [1.54, 1.807) is 7.11 Å². The standard InChI is InChI=1S/C13H27F2NO/c1-12(2,8-13(3,4)10-17-5)9-16-7-6-11(14)15/h11,16H,6-10H2,1-5H3. The van der Waals surface area contributed by atoms with Crippen LogP contribution in [-0.2, 0) is 4.74 Å². The summed E-state index contributed by atoms with van der Waals surface area (Å²) in [6.45, 7) is 10.5. The maximum Gasteiger partial charge on any atom is 0.239 e. The molecule has 0 aliphatic heterocycles. The van der Waals surface area contributed by atoms with Gasteiger partial charge in [0.1, 0.15) is 0 Å². The maximum absolute atomic E-state index is 12.0. The molecule has 0 amide bonds. The van der Waals surface area contributed by atoms with Gasteiger partial charge in [-0.15, -0.1) is 0 Å². The summed E-state index contributed by atoms with van der Waals surface area (Å²) in [6, 6.07) is 0. The number of halogens is 2. The van der Waals surface area contributed by atoms with Gasteiger partial charge in [-0.3, -0.25) is 0 Å². The van der Waals surface area contributed by atoms with Gasteiger partial charge in [0.2, 0.25) is 6.43 Å². The average molecular weight is 251 g/mol. The minimum absolute atomic E-state index is 0.0719. The van der Waals surface area contributed by atoms with Crippen LogP contribution in [0, 0.1) is 10.8 Å². The van der Waals surface area contributed by atoms with Gasteiger partial charge in [-0.25, -0.2) is 8.78 Å². The number of rotatable bonds is 9. The number of methoxy groups -OCH3 is 1. The first-order valence-corrected chi connectivity index (χ1v) is 6.16. The van der Waals surface area contributed by atoms with Gasteiger partial charge in [0.15, 0.2) is 0 Å². The Morgan fingerprint density at radius 2 is 1.71 bits per heavy atom. The molecule has 0 aromatic rings. The third kappa shape index (κ3) is 9.48. The molecule has 0 rings (SSSR count). The number of alkyl halides is 2. The van der Waals surface area contributed by atoms with Crippen LogP contribution in [0.4, 0.5) is 8.78 Å². The van der Waals surface area contributed by atoms with Crippen molar-refractivity contribution in [3.63, 3.8) is 0 Å². The number of hydrogen-bond acceptors (Lipinski definition) is 2. The first-order valence-electron chi connectivity index (χ1n) is 6.16. The van der Waals surface area contributed by atoms with Crippen LogP contribution in [0.1, 0.15) is 40.5 Å². The van der Waals surface area contributed by atoms with Gasteiger partial charge in [-0.05, 0) is 17.3 Å². The lowest BCUT2D eigenvalue weighted by Gasteiger charge is -2.34. The molecular formula is C13H27F2NO. The van der Waals surface area contributed by atoms with E-state index in [1.807, 2.05) is 0 Å². The second kappa shape index (κ2) is 7.27. The molecular weight excluding hydrogens is 224 g/mol. The molecule has 1 N–H and O–H groups in total. The SMILES string of the molecule is COCC(C)(C)CC(C)(C)CNCCC(F)F. The molecule has 0 radical (unpaired) electrons. The molecule has 0 aromatic carbocycles. The maximum atomic E-state index is 12.0. The van der Waals surface area contributed by atoms with Gasteiger partial charge in [-0.1, -0.05) is 27.7 Å². The highest BCUT2D eigenvalue weighted by molar-refractivity contribution is 4.80. The topological polar surface area (TPSA) is 21.3 Å². The van der Waals surface area contributed by atoms with E-state index in [1.165, 1.54) is 0 Å². The molecule has 0 fully saturated rings. The summed E-state index contributed by atoms with van der Waals surface area (Å²) in [5.74, 6) is 0. The van der Waals surface area contributed by atoms with Crippen molar-refractivity contribution in [2.45, 2.75) is 47.0 Å². The van der Waals surface area contributed by atoms with Gasteiger partial charge in [0.05, 0.1) is 6.61 Å². The van der Waals surface area contributed by atoms with Crippen molar-refractivity contribution >= 4 is 0 Å². The van der Waals surface area contributed by atoms with Crippen LogP contribution in [0.15, 0.2) is 0 Å². The monoisotopic (exact) mass is 251 g/mol. The largest absolute Gasteiger partial charge is 0.384 e. The summed E-state index contributed by atoms with van der Waals surface area (Å²) >= 11 is 0. The summed E-state index contributed by atoms with van der Waals surface area (Å²) < 4.78 is 29.1. The van der Waals surface area contributed by atoms with Crippen molar-refractivity contribution in [1.82, 2.24) is 5.32 Å². The predicted molar refractivity (Wildman–Crippen MR) is 67.5 cm³/mol. The molecule has 0 saturated heterocycles. The summed E-state index contributed by atoms with van der Waals surface area (Å²) in [5, 5.41) is 3.10. The van der Waals surface area contributed by atoms with Crippen LogP contribution in [0.3, 0.4) is 0 Å². The fourth-order valence-corrected chi connectivity index (χ4v) is 2.44. The molecule has 0 aliphatic carbocycles. The molecule has 4 heteroatoms. The lowest BCUT2D eigenvalue weighted by molar-refractivity contribution is 0.0668. The normalized spacial score (nSPS) is 13.4. The number of nitrogens with one attached hydrogen (secondary N) is 1. The first-order chi connectivity index (χ1) is 7.68. The van der Waals surface area contributed by atoms with Crippen LogP contribution in [0.25, 0.3) is 0 Å². The summed E-state index contributed by atoms with van der Waals surface area (Å²) in [6.07, 6.45) is -1.29. The summed E-state index contributed by atoms with van der Waals surface area (Å²) in [5.41, 5.74) is 0.201. The smallest absolute Gasteiger partial charge is 0.239 e. The van der Waals surface area contributed by atoms with Crippen LogP contribution in [-0.4, -0.2) is 33.2 Å². The first kappa shape index (κ1) is 16.8. The number of hydrogen-bond donors (Lipinski definition) is 1. The molecule has 0 unspecified atom stereocenters. The third-order valence-electron chi connectivity index (χ3n) is 2.64. The Morgan fingerprint density at radius 1 is 1.12 bits per heavy atom. The second-order valence-corrected chi connectivity index (χ2v) is 6.29. The second-order valence-electron chi connectivity index (χ2n) is 6.29. The quantitative estimate of drug-likeness (QED) is 0.635. The van der Waals surface area contributed by atoms with Crippen LogP contribution < -0.4 is 5.32 Å². The Balaban J connectivity index is 3.94. The fraction of sp³-hybridized carbons (Fsp3) is 1.00. The van der Waals surface area contributed by atoms with Crippen LogP contribution in [0.5, 0.6) is 0 Å². The molecule has 17 heavy (non-hydrogen) atoms. The Bertz CT molecular complexity index is 206. The minimum Gasteiger partial charge on any atom is -0.384 e. The molecule has 0 saturated carbocycles. The van der Waals surface area contributed by atoms with E-state index in [0.29, 0.717) is 13.2 Å². The van der Waals surface area contributed by atoms with Crippen molar-refractivity contribution in [3.05, 3.63) is 0 Å². The van der Waals surface area contributed by atoms with Gasteiger partial charge < -0.3 is 10.1 Å². The van der Waals surface area contributed by atoms with Gasteiger partial charge in [-0.2, -0.15) is 0 Å². The molecule has 0 heterocycles. The molecule has 0 aromatic heterocycles. The molecule has 0 spiro atoms. The zero-order valence-corrected chi connectivity index (χ0v) is 11.8. The van der Waals surface area contributed by atoms with E-state index >= 15 is 0 Å².